The van der Waals surface area contributed by atoms with Crippen LogP contribution in [0.15, 0.2) is 0 Å². The molecule has 0 amide bonds. The second kappa shape index (κ2) is 20.9. The molecule has 0 bridgehead atoms. The van der Waals surface area contributed by atoms with Gasteiger partial charge in [-0.2, -0.15) is 0 Å². The molecule has 2 N–H and O–H groups in total. The van der Waals surface area contributed by atoms with Crippen LogP contribution >= 0.6 is 0 Å². The van der Waals surface area contributed by atoms with Crippen molar-refractivity contribution in [2.75, 3.05) is 19.6 Å². The Bertz CT molecular complexity index is 168. The lowest BCUT2D eigenvalue weighted by atomic mass is 10.0. The molecule has 0 saturated carbocycles. The van der Waals surface area contributed by atoms with Gasteiger partial charge in [0.15, 0.2) is 0 Å². The van der Waals surface area contributed by atoms with Crippen LogP contribution in [0.1, 0.15) is 103 Å². The summed E-state index contributed by atoms with van der Waals surface area (Å²) in [4.78, 5) is 0. The van der Waals surface area contributed by atoms with Crippen LogP contribution in [-0.4, -0.2) is 19.6 Å². The first-order valence-electron chi connectivity index (χ1n) is 9.97. The summed E-state index contributed by atoms with van der Waals surface area (Å²) in [6, 6.07) is 0. The molecule has 0 radical (unpaired) electrons. The highest BCUT2D eigenvalue weighted by molar-refractivity contribution is 4.53. The quantitative estimate of drug-likeness (QED) is 0.243. The number of nitrogens with one attached hydrogen (secondary N) is 2. The highest BCUT2D eigenvalue weighted by Gasteiger charge is 1.94. The molecule has 134 valence electrons. The Morgan fingerprint density at radius 1 is 0.500 bits per heavy atom. The van der Waals surface area contributed by atoms with Gasteiger partial charge in [0, 0.05) is 0 Å². The summed E-state index contributed by atoms with van der Waals surface area (Å²) in [5.74, 6) is 0. The van der Waals surface area contributed by atoms with E-state index in [2.05, 4.69) is 12.2 Å². The predicted octanol–water partition coefficient (Wildman–Crippen LogP) is 5.53. The van der Waals surface area contributed by atoms with Crippen LogP contribution in [0.25, 0.3) is 0 Å². The first-order valence-corrected chi connectivity index (χ1v) is 9.97. The van der Waals surface area contributed by atoms with Gasteiger partial charge in [0.25, 0.3) is 0 Å². The van der Waals surface area contributed by atoms with Crippen molar-refractivity contribution in [3.63, 3.8) is 0 Å². The number of rotatable bonds is 19. The van der Waals surface area contributed by atoms with Crippen molar-refractivity contribution in [2.24, 2.45) is 0 Å². The van der Waals surface area contributed by atoms with Crippen LogP contribution in [-0.2, 0) is 0 Å². The molecule has 0 spiro atoms. The van der Waals surface area contributed by atoms with E-state index in [0.29, 0.717) is 6.54 Å². The molecule has 0 rings (SSSR count). The minimum atomic E-state index is 0.575. The van der Waals surface area contributed by atoms with Gasteiger partial charge in [0.2, 0.25) is 0 Å². The van der Waals surface area contributed by atoms with Gasteiger partial charge in [-0.1, -0.05) is 90.4 Å². The Balaban J connectivity index is 2.91. The first kappa shape index (κ1) is 21.9. The van der Waals surface area contributed by atoms with Gasteiger partial charge in [0.1, 0.15) is 0 Å². The third-order valence-electron chi connectivity index (χ3n) is 4.34. The zero-order valence-electron chi connectivity index (χ0n) is 15.1. The molecule has 0 aliphatic carbocycles. The minimum Gasteiger partial charge on any atom is -0.788 e. The number of hydrogen-bond donors (Lipinski definition) is 2. The largest absolute Gasteiger partial charge is 0.788 e. The van der Waals surface area contributed by atoms with E-state index < -0.39 is 0 Å². The van der Waals surface area contributed by atoms with E-state index in [4.69, 9.17) is 0 Å². The topological polar surface area (TPSA) is 47.1 Å². The Morgan fingerprint density at radius 2 is 0.909 bits per heavy atom. The second-order valence-corrected chi connectivity index (χ2v) is 6.59. The van der Waals surface area contributed by atoms with E-state index in [1.807, 2.05) is 5.48 Å². The lowest BCUT2D eigenvalue weighted by Gasteiger charge is -2.07. The molecule has 0 aromatic rings. The fourth-order valence-corrected chi connectivity index (χ4v) is 2.86. The van der Waals surface area contributed by atoms with Crippen molar-refractivity contribution in [3.05, 3.63) is 5.21 Å². The first-order chi connectivity index (χ1) is 10.9. The van der Waals surface area contributed by atoms with Gasteiger partial charge in [-0.25, -0.2) is 0 Å². The average molecular weight is 314 g/mol. The van der Waals surface area contributed by atoms with E-state index in [1.165, 1.54) is 89.9 Å². The van der Waals surface area contributed by atoms with Crippen LogP contribution < -0.4 is 10.8 Å². The molecule has 0 fully saturated rings. The molecule has 0 saturated heterocycles. The SMILES string of the molecule is CCCCCCCCCCCCCCCCNCCCN[O-]. The fraction of sp³-hybridized carbons (Fsp3) is 1.00. The molecule has 3 heteroatoms. The molecule has 3 nitrogen and oxygen atoms in total. The van der Waals surface area contributed by atoms with Gasteiger partial charge in [-0.15, -0.1) is 0 Å². The second-order valence-electron chi connectivity index (χ2n) is 6.59. The molecular weight excluding hydrogens is 272 g/mol. The third-order valence-corrected chi connectivity index (χ3v) is 4.34. The van der Waals surface area contributed by atoms with Crippen molar-refractivity contribution in [1.82, 2.24) is 10.8 Å². The molecular formula is C19H41N2O-. The fourth-order valence-electron chi connectivity index (χ4n) is 2.86. The predicted molar refractivity (Wildman–Crippen MR) is 99.2 cm³/mol. The minimum absolute atomic E-state index is 0.575. The van der Waals surface area contributed by atoms with Gasteiger partial charge in [-0.3, -0.25) is 0 Å². The van der Waals surface area contributed by atoms with Crippen LogP contribution in [0.2, 0.25) is 0 Å². The summed E-state index contributed by atoms with van der Waals surface area (Å²) in [5, 5.41) is 13.4. The maximum Gasteiger partial charge on any atom is -0.00371 e. The van der Waals surface area contributed by atoms with E-state index in [1.54, 1.807) is 0 Å². The van der Waals surface area contributed by atoms with Crippen LogP contribution in [0.4, 0.5) is 0 Å². The summed E-state index contributed by atoms with van der Waals surface area (Å²) in [7, 11) is 0. The molecule has 0 aliphatic heterocycles. The van der Waals surface area contributed by atoms with Crippen LogP contribution in [0, 0.1) is 5.21 Å². The van der Waals surface area contributed by atoms with Gasteiger partial charge in [-0.05, 0) is 32.5 Å². The van der Waals surface area contributed by atoms with Crippen LogP contribution in [0.3, 0.4) is 0 Å². The average Bonchev–Trinajstić information content (AvgIpc) is 2.54. The molecule has 0 aliphatic rings. The van der Waals surface area contributed by atoms with E-state index in [-0.39, 0.29) is 0 Å². The van der Waals surface area contributed by atoms with Crippen molar-refractivity contribution >= 4 is 0 Å². The molecule has 0 aromatic heterocycles. The van der Waals surface area contributed by atoms with Crippen molar-refractivity contribution in [2.45, 2.75) is 103 Å². The number of hydrogen-bond acceptors (Lipinski definition) is 3. The Morgan fingerprint density at radius 3 is 1.36 bits per heavy atom. The molecule has 0 aromatic carbocycles. The zero-order valence-corrected chi connectivity index (χ0v) is 15.1. The number of unbranched alkanes of at least 4 members (excludes halogenated alkanes) is 13. The highest BCUT2D eigenvalue weighted by atomic mass is 16.5. The Kier molecular flexibility index (Phi) is 20.8. The Hall–Kier alpha value is -0.120. The normalized spacial score (nSPS) is 11.2. The summed E-state index contributed by atoms with van der Waals surface area (Å²) in [6.45, 7) is 4.93. The third kappa shape index (κ3) is 19.9. The summed E-state index contributed by atoms with van der Waals surface area (Å²) in [5.41, 5.74) is 1.93. The van der Waals surface area contributed by atoms with E-state index >= 15 is 0 Å². The Labute approximate surface area is 139 Å². The zero-order chi connectivity index (χ0) is 16.1. The maximum atomic E-state index is 10.0. The molecule has 0 unspecified atom stereocenters. The summed E-state index contributed by atoms with van der Waals surface area (Å²) in [6.07, 6.45) is 20.7. The highest BCUT2D eigenvalue weighted by Crippen LogP contribution is 2.12. The molecule has 0 atom stereocenters. The van der Waals surface area contributed by atoms with Crippen LogP contribution in [0.5, 0.6) is 0 Å². The van der Waals surface area contributed by atoms with Crippen molar-refractivity contribution < 1.29 is 0 Å². The van der Waals surface area contributed by atoms with Crippen molar-refractivity contribution in [3.8, 4) is 0 Å². The van der Waals surface area contributed by atoms with E-state index in [0.717, 1.165) is 19.5 Å². The van der Waals surface area contributed by atoms with Gasteiger partial charge < -0.3 is 16.0 Å². The molecule has 22 heavy (non-hydrogen) atoms. The maximum absolute atomic E-state index is 10.0. The summed E-state index contributed by atoms with van der Waals surface area (Å²) >= 11 is 0. The summed E-state index contributed by atoms with van der Waals surface area (Å²) < 4.78 is 0. The number of hydroxylamine groups is 1. The lowest BCUT2D eigenvalue weighted by Crippen LogP contribution is -2.20. The van der Waals surface area contributed by atoms with Gasteiger partial charge >= 0.3 is 0 Å². The lowest BCUT2D eigenvalue weighted by molar-refractivity contribution is 0.528. The van der Waals surface area contributed by atoms with E-state index in [9.17, 15) is 5.21 Å². The monoisotopic (exact) mass is 313 g/mol. The molecule has 0 heterocycles. The standard InChI is InChI=1S/C19H41N2O/c1-2-3-4-5-6-7-8-9-10-11-12-13-14-15-17-20-18-16-19-21-22/h20-21H,2-19H2,1H3/q-1. The van der Waals surface area contributed by atoms with Crippen molar-refractivity contribution in [1.29, 1.82) is 0 Å². The van der Waals surface area contributed by atoms with Gasteiger partial charge in [0.05, 0.1) is 0 Å². The smallest absolute Gasteiger partial charge is 0.00371 e.